The number of rotatable bonds is 5. The summed E-state index contributed by atoms with van der Waals surface area (Å²) in [7, 11) is 0. The minimum absolute atomic E-state index is 0.00954. The van der Waals surface area contributed by atoms with E-state index in [-0.39, 0.29) is 35.1 Å². The summed E-state index contributed by atoms with van der Waals surface area (Å²) in [6.07, 6.45) is 1.23. The van der Waals surface area contributed by atoms with Gasteiger partial charge >= 0.3 is 11.9 Å². The van der Waals surface area contributed by atoms with Gasteiger partial charge in [0.1, 0.15) is 5.75 Å². The highest BCUT2D eigenvalue weighted by molar-refractivity contribution is 6.36. The van der Waals surface area contributed by atoms with Gasteiger partial charge in [0.05, 0.1) is 35.1 Å². The molecule has 0 saturated heterocycles. The van der Waals surface area contributed by atoms with Gasteiger partial charge in [0.15, 0.2) is 0 Å². The molecule has 2 rings (SSSR count). The fraction of sp³-hybridized carbons (Fsp3) is 0.235. The Morgan fingerprint density at radius 2 is 1.67 bits per heavy atom. The molecule has 0 radical (unpaired) electrons. The van der Waals surface area contributed by atoms with Crippen molar-refractivity contribution in [3.8, 4) is 17.0 Å². The number of benzene rings is 1. The number of nitrogens with zero attached hydrogens (tertiary/aromatic N) is 1. The standard InChI is InChI=1S/C17H16ClNO5/c1-3-23-16(21)12-9-19-15(10-5-7-11(20)8-6-10)14(18)13(12)17(22)24-4-2/h5-9,20H,3-4H2,1-2H3. The number of pyridine rings is 1. The topological polar surface area (TPSA) is 85.7 Å². The van der Waals surface area contributed by atoms with Crippen LogP contribution in [0.2, 0.25) is 5.02 Å². The van der Waals surface area contributed by atoms with Gasteiger partial charge in [-0.3, -0.25) is 4.98 Å². The summed E-state index contributed by atoms with van der Waals surface area (Å²) >= 11 is 6.33. The third kappa shape index (κ3) is 3.65. The Bertz CT molecular complexity index is 758. The fourth-order valence-corrected chi connectivity index (χ4v) is 2.41. The minimum atomic E-state index is -0.729. The molecule has 0 amide bonds. The molecule has 0 aliphatic carbocycles. The van der Waals surface area contributed by atoms with Crippen molar-refractivity contribution in [1.82, 2.24) is 4.98 Å². The molecule has 126 valence electrons. The molecule has 2 aromatic rings. The van der Waals surface area contributed by atoms with Crippen LogP contribution in [0.5, 0.6) is 5.75 Å². The predicted octanol–water partition coefficient (Wildman–Crippen LogP) is 3.46. The molecular weight excluding hydrogens is 334 g/mol. The van der Waals surface area contributed by atoms with E-state index in [0.29, 0.717) is 11.3 Å². The maximum Gasteiger partial charge on any atom is 0.340 e. The molecule has 0 saturated carbocycles. The highest BCUT2D eigenvalue weighted by atomic mass is 35.5. The van der Waals surface area contributed by atoms with Crippen molar-refractivity contribution < 1.29 is 24.2 Å². The fourth-order valence-electron chi connectivity index (χ4n) is 2.07. The average Bonchev–Trinajstić information content (AvgIpc) is 2.56. The number of esters is 2. The molecule has 7 heteroatoms. The number of phenols is 1. The monoisotopic (exact) mass is 349 g/mol. The first-order valence-electron chi connectivity index (χ1n) is 7.31. The van der Waals surface area contributed by atoms with Gasteiger partial charge in [-0.1, -0.05) is 11.6 Å². The van der Waals surface area contributed by atoms with Gasteiger partial charge in [0.2, 0.25) is 0 Å². The number of halogens is 1. The number of hydrogen-bond acceptors (Lipinski definition) is 6. The molecule has 24 heavy (non-hydrogen) atoms. The molecule has 0 fully saturated rings. The number of carbonyl (C=O) groups excluding carboxylic acids is 2. The zero-order valence-corrected chi connectivity index (χ0v) is 14.0. The van der Waals surface area contributed by atoms with Crippen LogP contribution in [0.1, 0.15) is 34.6 Å². The molecule has 1 aromatic carbocycles. The van der Waals surface area contributed by atoms with Gasteiger partial charge in [0, 0.05) is 11.8 Å². The van der Waals surface area contributed by atoms with Crippen molar-refractivity contribution in [1.29, 1.82) is 0 Å². The minimum Gasteiger partial charge on any atom is -0.508 e. The summed E-state index contributed by atoms with van der Waals surface area (Å²) in [6, 6.07) is 6.14. The number of phenolic OH excluding ortho intramolecular Hbond substituents is 1. The summed E-state index contributed by atoms with van der Waals surface area (Å²) in [5.41, 5.74) is 0.740. The summed E-state index contributed by atoms with van der Waals surface area (Å²) < 4.78 is 9.92. The van der Waals surface area contributed by atoms with Crippen LogP contribution in [0.3, 0.4) is 0 Å². The number of aromatic nitrogens is 1. The smallest absolute Gasteiger partial charge is 0.340 e. The second-order valence-corrected chi connectivity index (χ2v) is 5.08. The quantitative estimate of drug-likeness (QED) is 0.832. The van der Waals surface area contributed by atoms with Crippen molar-refractivity contribution in [3.05, 3.63) is 46.6 Å². The predicted molar refractivity (Wildman–Crippen MR) is 88.3 cm³/mol. The number of ether oxygens (including phenoxy) is 2. The van der Waals surface area contributed by atoms with E-state index in [4.69, 9.17) is 21.1 Å². The maximum absolute atomic E-state index is 12.3. The van der Waals surface area contributed by atoms with Crippen LogP contribution in [0.25, 0.3) is 11.3 Å². The van der Waals surface area contributed by atoms with E-state index < -0.39 is 11.9 Å². The van der Waals surface area contributed by atoms with Gasteiger partial charge in [-0.2, -0.15) is 0 Å². The highest BCUT2D eigenvalue weighted by Gasteiger charge is 2.26. The number of carbonyl (C=O) groups is 2. The van der Waals surface area contributed by atoms with E-state index in [1.165, 1.54) is 18.3 Å². The Balaban J connectivity index is 2.60. The molecule has 0 aliphatic rings. The van der Waals surface area contributed by atoms with Crippen LogP contribution < -0.4 is 0 Å². The molecule has 0 spiro atoms. The molecule has 0 unspecified atom stereocenters. The first-order chi connectivity index (χ1) is 11.5. The van der Waals surface area contributed by atoms with Gasteiger partial charge < -0.3 is 14.6 Å². The lowest BCUT2D eigenvalue weighted by atomic mass is 10.0. The summed E-state index contributed by atoms with van der Waals surface area (Å²) in [5.74, 6) is -1.34. The zero-order chi connectivity index (χ0) is 17.7. The summed E-state index contributed by atoms with van der Waals surface area (Å²) in [4.78, 5) is 28.5. The van der Waals surface area contributed by atoms with Crippen molar-refractivity contribution in [2.45, 2.75) is 13.8 Å². The van der Waals surface area contributed by atoms with Crippen LogP contribution in [-0.2, 0) is 9.47 Å². The molecule has 0 atom stereocenters. The Kier molecular flexibility index (Phi) is 5.76. The number of hydrogen-bond donors (Lipinski definition) is 1. The van der Waals surface area contributed by atoms with E-state index in [0.717, 1.165) is 0 Å². The van der Waals surface area contributed by atoms with Gasteiger partial charge in [-0.15, -0.1) is 0 Å². The molecule has 0 aliphatic heterocycles. The van der Waals surface area contributed by atoms with Gasteiger partial charge in [0.25, 0.3) is 0 Å². The SMILES string of the molecule is CCOC(=O)c1cnc(-c2ccc(O)cc2)c(Cl)c1C(=O)OCC. The first-order valence-corrected chi connectivity index (χ1v) is 7.69. The lowest BCUT2D eigenvalue weighted by Crippen LogP contribution is -2.16. The van der Waals surface area contributed by atoms with E-state index in [1.54, 1.807) is 26.0 Å². The van der Waals surface area contributed by atoms with E-state index in [9.17, 15) is 14.7 Å². The second-order valence-electron chi connectivity index (χ2n) is 4.70. The Morgan fingerprint density at radius 3 is 2.25 bits per heavy atom. The van der Waals surface area contributed by atoms with Crippen LogP contribution in [0.4, 0.5) is 0 Å². The zero-order valence-electron chi connectivity index (χ0n) is 13.2. The van der Waals surface area contributed by atoms with Crippen LogP contribution >= 0.6 is 11.6 Å². The summed E-state index contributed by atoms with van der Waals surface area (Å²) in [5, 5.41) is 9.36. The van der Waals surface area contributed by atoms with Crippen molar-refractivity contribution >= 4 is 23.5 Å². The number of aromatic hydroxyl groups is 1. The van der Waals surface area contributed by atoms with Crippen molar-refractivity contribution in [2.75, 3.05) is 13.2 Å². The maximum atomic E-state index is 12.3. The largest absolute Gasteiger partial charge is 0.508 e. The first kappa shape index (κ1) is 17.7. The Labute approximate surface area is 144 Å². The van der Waals surface area contributed by atoms with Crippen LogP contribution in [0.15, 0.2) is 30.5 Å². The van der Waals surface area contributed by atoms with E-state index in [2.05, 4.69) is 4.98 Å². The third-order valence-electron chi connectivity index (χ3n) is 3.14. The molecule has 1 aromatic heterocycles. The van der Waals surface area contributed by atoms with Crippen molar-refractivity contribution in [2.24, 2.45) is 0 Å². The molecular formula is C17H16ClNO5. The Morgan fingerprint density at radius 1 is 1.08 bits per heavy atom. The lowest BCUT2D eigenvalue weighted by Gasteiger charge is -2.13. The average molecular weight is 350 g/mol. The molecule has 0 bridgehead atoms. The Hall–Kier alpha value is -2.60. The molecule has 1 heterocycles. The molecule has 6 nitrogen and oxygen atoms in total. The van der Waals surface area contributed by atoms with Crippen LogP contribution in [-0.4, -0.2) is 35.2 Å². The van der Waals surface area contributed by atoms with Gasteiger partial charge in [-0.25, -0.2) is 9.59 Å². The van der Waals surface area contributed by atoms with E-state index >= 15 is 0 Å². The van der Waals surface area contributed by atoms with E-state index in [1.807, 2.05) is 0 Å². The van der Waals surface area contributed by atoms with Crippen LogP contribution in [0, 0.1) is 0 Å². The second kappa shape index (κ2) is 7.79. The normalized spacial score (nSPS) is 10.3. The lowest BCUT2D eigenvalue weighted by molar-refractivity contribution is 0.0478. The third-order valence-corrected chi connectivity index (χ3v) is 3.50. The highest BCUT2D eigenvalue weighted by Crippen LogP contribution is 2.32. The van der Waals surface area contributed by atoms with Gasteiger partial charge in [-0.05, 0) is 38.1 Å². The van der Waals surface area contributed by atoms with Crippen molar-refractivity contribution in [3.63, 3.8) is 0 Å². The summed E-state index contributed by atoms with van der Waals surface area (Å²) in [6.45, 7) is 3.59. The molecule has 1 N–H and O–H groups in total.